The van der Waals surface area contributed by atoms with Crippen LogP contribution in [-0.2, 0) is 6.54 Å². The van der Waals surface area contributed by atoms with Crippen molar-refractivity contribution in [1.29, 1.82) is 0 Å². The first-order valence-electron chi connectivity index (χ1n) is 9.12. The van der Waals surface area contributed by atoms with Crippen LogP contribution in [0.4, 0.5) is 4.79 Å². The number of amides is 2. The van der Waals surface area contributed by atoms with Crippen molar-refractivity contribution in [2.75, 3.05) is 19.6 Å². The molecular formula is C19H28N4O. The van der Waals surface area contributed by atoms with Gasteiger partial charge >= 0.3 is 6.03 Å². The number of rotatable bonds is 5. The number of nitrogens with zero attached hydrogens (tertiary/aromatic N) is 2. The summed E-state index contributed by atoms with van der Waals surface area (Å²) in [5.41, 5.74) is 1.26. The quantitative estimate of drug-likeness (QED) is 0.817. The molecule has 0 spiro atoms. The highest BCUT2D eigenvalue weighted by molar-refractivity contribution is 5.74. The number of pyridine rings is 1. The molecule has 2 aliphatic rings. The molecule has 1 aromatic rings. The SMILES string of the molecule is O=C(NC[C@@H]1CCCN(Cc2cccnc2)C1)N[C@@H]1C=CCCC1. The minimum absolute atomic E-state index is 0.0315. The van der Waals surface area contributed by atoms with Crippen molar-refractivity contribution < 1.29 is 4.79 Å². The Morgan fingerprint density at radius 2 is 2.29 bits per heavy atom. The van der Waals surface area contributed by atoms with E-state index in [1.54, 1.807) is 0 Å². The zero-order valence-electron chi connectivity index (χ0n) is 14.3. The van der Waals surface area contributed by atoms with Crippen molar-refractivity contribution in [2.24, 2.45) is 5.92 Å². The predicted octanol–water partition coefficient (Wildman–Crippen LogP) is 2.70. The van der Waals surface area contributed by atoms with E-state index in [1.807, 2.05) is 18.5 Å². The van der Waals surface area contributed by atoms with Gasteiger partial charge in [0.15, 0.2) is 0 Å². The lowest BCUT2D eigenvalue weighted by Gasteiger charge is -2.32. The maximum atomic E-state index is 12.0. The minimum Gasteiger partial charge on any atom is -0.338 e. The third-order valence-electron chi connectivity index (χ3n) is 4.85. The van der Waals surface area contributed by atoms with Gasteiger partial charge in [-0.05, 0) is 56.2 Å². The number of carbonyl (C=O) groups excluding carboxylic acids is 1. The summed E-state index contributed by atoms with van der Waals surface area (Å²) in [5.74, 6) is 0.531. The number of hydrogen-bond donors (Lipinski definition) is 2. The first-order valence-corrected chi connectivity index (χ1v) is 9.12. The molecule has 5 nitrogen and oxygen atoms in total. The Morgan fingerprint density at radius 3 is 3.08 bits per heavy atom. The van der Waals surface area contributed by atoms with Crippen molar-refractivity contribution in [3.8, 4) is 0 Å². The number of nitrogens with one attached hydrogen (secondary N) is 2. The zero-order valence-corrected chi connectivity index (χ0v) is 14.3. The van der Waals surface area contributed by atoms with Gasteiger partial charge in [-0.3, -0.25) is 9.88 Å². The Labute approximate surface area is 144 Å². The molecule has 0 bridgehead atoms. The van der Waals surface area contributed by atoms with Crippen LogP contribution in [-0.4, -0.2) is 41.6 Å². The molecule has 5 heteroatoms. The molecule has 0 radical (unpaired) electrons. The smallest absolute Gasteiger partial charge is 0.315 e. The molecule has 2 atom stereocenters. The fourth-order valence-corrected chi connectivity index (χ4v) is 3.60. The number of likely N-dealkylation sites (tertiary alicyclic amines) is 1. The number of carbonyl (C=O) groups is 1. The third-order valence-corrected chi connectivity index (χ3v) is 4.85. The second-order valence-electron chi connectivity index (χ2n) is 6.92. The second kappa shape index (κ2) is 8.83. The Kier molecular flexibility index (Phi) is 6.24. The molecule has 2 heterocycles. The van der Waals surface area contributed by atoms with Gasteiger partial charge in [0.1, 0.15) is 0 Å². The van der Waals surface area contributed by atoms with Crippen molar-refractivity contribution in [3.05, 3.63) is 42.2 Å². The van der Waals surface area contributed by atoms with Crippen LogP contribution in [0.5, 0.6) is 0 Å². The van der Waals surface area contributed by atoms with E-state index in [2.05, 4.69) is 38.7 Å². The van der Waals surface area contributed by atoms with Gasteiger partial charge in [-0.25, -0.2) is 4.79 Å². The Morgan fingerprint density at radius 1 is 1.33 bits per heavy atom. The van der Waals surface area contributed by atoms with Crippen molar-refractivity contribution in [3.63, 3.8) is 0 Å². The van der Waals surface area contributed by atoms with Gasteiger partial charge in [0, 0.05) is 38.1 Å². The molecule has 130 valence electrons. The maximum Gasteiger partial charge on any atom is 0.315 e. The van der Waals surface area contributed by atoms with E-state index >= 15 is 0 Å². The largest absolute Gasteiger partial charge is 0.338 e. The monoisotopic (exact) mass is 328 g/mol. The molecule has 2 amide bonds. The lowest BCUT2D eigenvalue weighted by molar-refractivity contribution is 0.165. The maximum absolute atomic E-state index is 12.0. The van der Waals surface area contributed by atoms with E-state index < -0.39 is 0 Å². The summed E-state index contributed by atoms with van der Waals surface area (Å²) < 4.78 is 0. The molecule has 24 heavy (non-hydrogen) atoms. The number of urea groups is 1. The fraction of sp³-hybridized carbons (Fsp3) is 0.579. The van der Waals surface area contributed by atoms with Crippen molar-refractivity contribution in [1.82, 2.24) is 20.5 Å². The van der Waals surface area contributed by atoms with Gasteiger partial charge < -0.3 is 10.6 Å². The summed E-state index contributed by atoms with van der Waals surface area (Å²) in [6.07, 6.45) is 13.7. The molecule has 1 fully saturated rings. The molecule has 3 rings (SSSR count). The molecular weight excluding hydrogens is 300 g/mol. The van der Waals surface area contributed by atoms with E-state index in [-0.39, 0.29) is 12.1 Å². The zero-order chi connectivity index (χ0) is 16.6. The molecule has 0 unspecified atom stereocenters. The van der Waals surface area contributed by atoms with Crippen LogP contribution in [0.15, 0.2) is 36.7 Å². The minimum atomic E-state index is -0.0315. The summed E-state index contributed by atoms with van der Waals surface area (Å²) in [6, 6.07) is 4.28. The van der Waals surface area contributed by atoms with Crippen LogP contribution in [0.25, 0.3) is 0 Å². The van der Waals surface area contributed by atoms with Gasteiger partial charge in [-0.15, -0.1) is 0 Å². The van der Waals surface area contributed by atoms with Crippen LogP contribution in [0.1, 0.15) is 37.7 Å². The highest BCUT2D eigenvalue weighted by atomic mass is 16.2. The highest BCUT2D eigenvalue weighted by Gasteiger charge is 2.21. The van der Waals surface area contributed by atoms with Crippen LogP contribution >= 0.6 is 0 Å². The lowest BCUT2D eigenvalue weighted by atomic mass is 9.97. The van der Waals surface area contributed by atoms with Gasteiger partial charge in [0.2, 0.25) is 0 Å². The van der Waals surface area contributed by atoms with Crippen LogP contribution in [0.3, 0.4) is 0 Å². The highest BCUT2D eigenvalue weighted by Crippen LogP contribution is 2.18. The summed E-state index contributed by atoms with van der Waals surface area (Å²) in [4.78, 5) is 18.7. The normalized spacial score (nSPS) is 24.5. The Hall–Kier alpha value is -1.88. The molecule has 0 saturated carbocycles. The van der Waals surface area contributed by atoms with E-state index in [0.29, 0.717) is 5.92 Å². The predicted molar refractivity (Wildman–Crippen MR) is 95.6 cm³/mol. The summed E-state index contributed by atoms with van der Waals surface area (Å²) in [6.45, 7) is 3.87. The van der Waals surface area contributed by atoms with Gasteiger partial charge in [-0.2, -0.15) is 0 Å². The standard InChI is InChI=1S/C19H28N4O/c24-19(22-18-8-2-1-3-9-18)21-13-17-7-5-11-23(15-17)14-16-6-4-10-20-12-16/h2,4,6,8,10,12,17-18H,1,3,5,7,9,11,13-15H2,(H2,21,22,24)/t17-,18+/m0/s1. The number of aromatic nitrogens is 1. The van der Waals surface area contributed by atoms with Gasteiger partial charge in [0.05, 0.1) is 0 Å². The van der Waals surface area contributed by atoms with E-state index in [0.717, 1.165) is 45.4 Å². The number of piperidine rings is 1. The summed E-state index contributed by atoms with van der Waals surface area (Å²) in [7, 11) is 0. The van der Waals surface area contributed by atoms with Crippen molar-refractivity contribution in [2.45, 2.75) is 44.7 Å². The number of allylic oxidation sites excluding steroid dienone is 1. The lowest BCUT2D eigenvalue weighted by Crippen LogP contribution is -2.46. The first kappa shape index (κ1) is 17.0. The second-order valence-corrected chi connectivity index (χ2v) is 6.92. The van der Waals surface area contributed by atoms with Gasteiger partial charge in [0.25, 0.3) is 0 Å². The van der Waals surface area contributed by atoms with Crippen LogP contribution in [0.2, 0.25) is 0 Å². The molecule has 1 aliphatic heterocycles. The molecule has 2 N–H and O–H groups in total. The topological polar surface area (TPSA) is 57.3 Å². The van der Waals surface area contributed by atoms with Crippen LogP contribution < -0.4 is 10.6 Å². The van der Waals surface area contributed by atoms with Gasteiger partial charge in [-0.1, -0.05) is 18.2 Å². The average molecular weight is 328 g/mol. The van der Waals surface area contributed by atoms with E-state index in [4.69, 9.17) is 0 Å². The number of hydrogen-bond acceptors (Lipinski definition) is 3. The fourth-order valence-electron chi connectivity index (χ4n) is 3.60. The average Bonchev–Trinajstić information content (AvgIpc) is 2.62. The summed E-state index contributed by atoms with van der Waals surface area (Å²) in [5, 5.41) is 6.11. The van der Waals surface area contributed by atoms with Crippen LogP contribution in [0, 0.1) is 5.92 Å². The first-order chi connectivity index (χ1) is 11.8. The molecule has 1 aromatic heterocycles. The van der Waals surface area contributed by atoms with E-state index in [1.165, 1.54) is 18.4 Å². The van der Waals surface area contributed by atoms with E-state index in [9.17, 15) is 4.79 Å². The Bertz CT molecular complexity index is 546. The third kappa shape index (κ3) is 5.34. The Balaban J connectivity index is 1.39. The van der Waals surface area contributed by atoms with Crippen molar-refractivity contribution >= 4 is 6.03 Å². The molecule has 1 saturated heterocycles. The summed E-state index contributed by atoms with van der Waals surface area (Å²) >= 11 is 0. The molecule has 0 aromatic carbocycles. The molecule has 1 aliphatic carbocycles.